The van der Waals surface area contributed by atoms with Gasteiger partial charge in [0.2, 0.25) is 5.91 Å². The Hall–Kier alpha value is -3.97. The fourth-order valence-electron chi connectivity index (χ4n) is 4.86. The molecule has 0 radical (unpaired) electrons. The second-order valence-corrected chi connectivity index (χ2v) is 13.1. The molecule has 0 unspecified atom stereocenters. The van der Waals surface area contributed by atoms with Gasteiger partial charge in [0.25, 0.3) is 5.88 Å². The largest absolute Gasteiger partial charge is 0.490 e. The highest BCUT2D eigenvalue weighted by molar-refractivity contribution is 7.90. The Bertz CT molecular complexity index is 1590. The predicted molar refractivity (Wildman–Crippen MR) is 156 cm³/mol. The molecule has 4 heterocycles. The van der Waals surface area contributed by atoms with Gasteiger partial charge in [0.05, 0.1) is 23.6 Å². The number of pyridine rings is 3. The Balaban J connectivity index is 1.50. The van der Waals surface area contributed by atoms with Gasteiger partial charge < -0.3 is 29.6 Å². The number of fused-ring (bicyclic) bond motifs is 1. The maximum atomic E-state index is 12.6. The fourth-order valence-corrected chi connectivity index (χ4v) is 5.45. The minimum Gasteiger partial charge on any atom is -0.490 e. The first kappa shape index (κ1) is 29.5. The highest BCUT2D eigenvalue weighted by atomic mass is 32.2. The predicted octanol–water partition coefficient (Wildman–Crippen LogP) is 4.53. The minimum absolute atomic E-state index is 0.0752. The summed E-state index contributed by atoms with van der Waals surface area (Å²) in [5, 5.41) is 5.74. The van der Waals surface area contributed by atoms with Crippen molar-refractivity contribution in [3.8, 4) is 28.6 Å². The maximum Gasteiger partial charge on any atom is 0.257 e. The standard InChI is InChI=1S/C29H35N5O7S/c1-17(35)31-25-14-23(21(15-30-25)22-10-11-24-28(33-22)39-16-29(2,3)41-24)32-26-12-20(13-27(34-26)42(5,36)37)40-19-8-6-18(38-4)7-9-19/h10-15,18-19H,6-9,16H2,1-5H3,(H2,30,31,32,34,35). The molecule has 13 heteroatoms. The van der Waals surface area contributed by atoms with Gasteiger partial charge in [-0.05, 0) is 51.7 Å². The van der Waals surface area contributed by atoms with Gasteiger partial charge in [-0.2, -0.15) is 0 Å². The van der Waals surface area contributed by atoms with Crippen LogP contribution >= 0.6 is 0 Å². The van der Waals surface area contributed by atoms with Crippen LogP contribution in [0.25, 0.3) is 11.3 Å². The quantitative estimate of drug-likeness (QED) is 0.377. The number of ether oxygens (including phenoxy) is 4. The molecular formula is C29H35N5O7S. The van der Waals surface area contributed by atoms with Crippen LogP contribution in [0, 0.1) is 0 Å². The van der Waals surface area contributed by atoms with Crippen LogP contribution in [0.15, 0.2) is 41.6 Å². The Kier molecular flexibility index (Phi) is 8.24. The van der Waals surface area contributed by atoms with Gasteiger partial charge in [-0.1, -0.05) is 0 Å². The maximum absolute atomic E-state index is 12.6. The summed E-state index contributed by atoms with van der Waals surface area (Å²) in [5.41, 5.74) is 1.08. The third-order valence-electron chi connectivity index (χ3n) is 6.93. The van der Waals surface area contributed by atoms with Crippen LogP contribution in [0.4, 0.5) is 17.3 Å². The van der Waals surface area contributed by atoms with Crippen molar-refractivity contribution in [2.75, 3.05) is 30.6 Å². The van der Waals surface area contributed by atoms with Crippen molar-refractivity contribution >= 4 is 33.1 Å². The molecular weight excluding hydrogens is 562 g/mol. The number of hydrogen-bond donors (Lipinski definition) is 2. The zero-order chi connectivity index (χ0) is 30.1. The summed E-state index contributed by atoms with van der Waals surface area (Å²) >= 11 is 0. The zero-order valence-corrected chi connectivity index (χ0v) is 25.1. The van der Waals surface area contributed by atoms with Gasteiger partial charge in [-0.25, -0.2) is 23.4 Å². The average Bonchev–Trinajstić information content (AvgIpc) is 2.92. The van der Waals surface area contributed by atoms with Crippen LogP contribution in [0.3, 0.4) is 0 Å². The van der Waals surface area contributed by atoms with Crippen molar-refractivity contribution in [1.29, 1.82) is 0 Å². The van der Waals surface area contributed by atoms with Gasteiger partial charge in [0.1, 0.15) is 29.6 Å². The van der Waals surface area contributed by atoms with Crippen molar-refractivity contribution in [3.63, 3.8) is 0 Å². The molecule has 0 saturated heterocycles. The van der Waals surface area contributed by atoms with Crippen molar-refractivity contribution in [1.82, 2.24) is 15.0 Å². The lowest BCUT2D eigenvalue weighted by Crippen LogP contribution is -2.39. The normalized spacial score (nSPS) is 19.5. The molecule has 1 amide bonds. The number of methoxy groups -OCH3 is 1. The number of nitrogens with one attached hydrogen (secondary N) is 2. The van der Waals surface area contributed by atoms with E-state index in [1.54, 1.807) is 37.6 Å². The molecule has 1 saturated carbocycles. The van der Waals surface area contributed by atoms with Crippen molar-refractivity contribution in [3.05, 3.63) is 36.5 Å². The van der Waals surface area contributed by atoms with E-state index in [0.29, 0.717) is 46.7 Å². The van der Waals surface area contributed by atoms with Gasteiger partial charge in [0, 0.05) is 50.2 Å². The number of sulfone groups is 1. The number of aromatic nitrogens is 3. The molecule has 2 N–H and O–H groups in total. The van der Waals surface area contributed by atoms with E-state index in [2.05, 4.69) is 25.6 Å². The van der Waals surface area contributed by atoms with Gasteiger partial charge >= 0.3 is 0 Å². The van der Waals surface area contributed by atoms with E-state index in [1.165, 1.54) is 13.0 Å². The number of anilines is 3. The molecule has 1 aliphatic carbocycles. The molecule has 3 aromatic rings. The lowest BCUT2D eigenvalue weighted by Gasteiger charge is -2.31. The van der Waals surface area contributed by atoms with Gasteiger partial charge in [-0.15, -0.1) is 0 Å². The molecule has 0 bridgehead atoms. The van der Waals surface area contributed by atoms with Crippen molar-refractivity contribution in [2.24, 2.45) is 0 Å². The van der Waals surface area contributed by atoms with E-state index < -0.39 is 15.4 Å². The summed E-state index contributed by atoms with van der Waals surface area (Å²) in [4.78, 5) is 25.1. The summed E-state index contributed by atoms with van der Waals surface area (Å²) in [6.45, 7) is 5.57. The van der Waals surface area contributed by atoms with Crippen molar-refractivity contribution in [2.45, 2.75) is 69.3 Å². The van der Waals surface area contributed by atoms with E-state index in [9.17, 15) is 13.2 Å². The number of nitrogens with zero attached hydrogens (tertiary/aromatic N) is 3. The highest BCUT2D eigenvalue weighted by Gasteiger charge is 2.29. The van der Waals surface area contributed by atoms with Crippen LogP contribution in [0.1, 0.15) is 46.5 Å². The fraction of sp³-hybridized carbons (Fsp3) is 0.448. The molecule has 42 heavy (non-hydrogen) atoms. The van der Waals surface area contributed by atoms with E-state index >= 15 is 0 Å². The van der Waals surface area contributed by atoms with Crippen molar-refractivity contribution < 1.29 is 32.2 Å². The summed E-state index contributed by atoms with van der Waals surface area (Å²) < 4.78 is 48.6. The molecule has 1 fully saturated rings. The number of hydrogen-bond acceptors (Lipinski definition) is 11. The first-order valence-electron chi connectivity index (χ1n) is 13.7. The molecule has 2 aliphatic rings. The van der Waals surface area contributed by atoms with Crippen LogP contribution < -0.4 is 24.8 Å². The van der Waals surface area contributed by atoms with Crippen LogP contribution in [-0.2, 0) is 19.4 Å². The second-order valence-electron chi connectivity index (χ2n) is 11.1. The average molecular weight is 598 g/mol. The SMILES string of the molecule is COC1CCC(Oc2cc(Nc3cc(NC(C)=O)ncc3-c3ccc4c(n3)OCC(C)(C)O4)nc(S(C)(=O)=O)c2)CC1. The molecule has 3 aromatic heterocycles. The smallest absolute Gasteiger partial charge is 0.257 e. The van der Waals surface area contributed by atoms with Crippen LogP contribution in [0.2, 0.25) is 0 Å². The summed E-state index contributed by atoms with van der Waals surface area (Å²) in [7, 11) is -1.96. The molecule has 5 rings (SSSR count). The molecule has 0 aromatic carbocycles. The zero-order valence-electron chi connectivity index (χ0n) is 24.3. The number of carbonyl (C=O) groups is 1. The second kappa shape index (κ2) is 11.7. The molecule has 0 spiro atoms. The molecule has 0 atom stereocenters. The van der Waals surface area contributed by atoms with Crippen LogP contribution in [-0.4, -0.2) is 67.1 Å². The third kappa shape index (κ3) is 7.08. The minimum atomic E-state index is -3.66. The van der Waals surface area contributed by atoms with E-state index in [-0.39, 0.29) is 29.0 Å². The highest BCUT2D eigenvalue weighted by Crippen LogP contribution is 2.38. The van der Waals surface area contributed by atoms with E-state index in [1.807, 2.05) is 13.8 Å². The molecule has 12 nitrogen and oxygen atoms in total. The Labute approximate surface area is 245 Å². The monoisotopic (exact) mass is 597 g/mol. The lowest BCUT2D eigenvalue weighted by molar-refractivity contribution is -0.114. The number of amides is 1. The van der Waals surface area contributed by atoms with Gasteiger partial charge in [-0.3, -0.25) is 4.79 Å². The summed E-state index contributed by atoms with van der Waals surface area (Å²) in [6.07, 6.45) is 6.09. The lowest BCUT2D eigenvalue weighted by atomic mass is 9.95. The Morgan fingerprint density at radius 2 is 1.79 bits per heavy atom. The van der Waals surface area contributed by atoms with E-state index in [0.717, 1.165) is 31.9 Å². The first-order chi connectivity index (χ1) is 19.9. The van der Waals surface area contributed by atoms with Gasteiger partial charge in [0.15, 0.2) is 20.6 Å². The first-order valence-corrected chi connectivity index (χ1v) is 15.6. The summed E-state index contributed by atoms with van der Waals surface area (Å²) in [5.74, 6) is 1.48. The number of carbonyl (C=O) groups excluding carboxylic acids is 1. The summed E-state index contributed by atoms with van der Waals surface area (Å²) in [6, 6.07) is 8.26. The Morgan fingerprint density at radius 3 is 2.48 bits per heavy atom. The topological polar surface area (TPSA) is 151 Å². The van der Waals surface area contributed by atoms with E-state index in [4.69, 9.17) is 18.9 Å². The number of rotatable bonds is 8. The third-order valence-corrected chi connectivity index (χ3v) is 7.90. The molecule has 1 aliphatic heterocycles. The Morgan fingerprint density at radius 1 is 1.05 bits per heavy atom. The van der Waals surface area contributed by atoms with Crippen LogP contribution in [0.5, 0.6) is 17.4 Å². The molecule has 224 valence electrons.